The summed E-state index contributed by atoms with van der Waals surface area (Å²) < 4.78 is 10.5. The molecule has 2 atom stereocenters. The Morgan fingerprint density at radius 2 is 1.96 bits per heavy atom. The van der Waals surface area contributed by atoms with Crippen LogP contribution in [-0.4, -0.2) is 73.4 Å². The largest absolute Gasteiger partial charge is 0.497 e. The van der Waals surface area contributed by atoms with Gasteiger partial charge in [-0.3, -0.25) is 9.69 Å². The standard InChI is InChI=1S/C19H28N2O4/c1-19(23,15-5-7-16(24-2)8-6-15)17-4-3-9-21(17)14-18(22)20-10-12-25-13-11-20/h5-8,17,23H,3-4,9-14H2,1-2H3/t17-,19-/m1/s1. The summed E-state index contributed by atoms with van der Waals surface area (Å²) in [5.74, 6) is 0.894. The van der Waals surface area contributed by atoms with E-state index in [-0.39, 0.29) is 11.9 Å². The minimum atomic E-state index is -1.01. The molecule has 1 amide bonds. The number of hydrogen-bond donors (Lipinski definition) is 1. The van der Waals surface area contributed by atoms with Crippen molar-refractivity contribution in [2.45, 2.75) is 31.4 Å². The van der Waals surface area contributed by atoms with Crippen LogP contribution in [-0.2, 0) is 15.1 Å². The highest BCUT2D eigenvalue weighted by atomic mass is 16.5. The van der Waals surface area contributed by atoms with Crippen molar-refractivity contribution in [2.24, 2.45) is 0 Å². The second-order valence-corrected chi connectivity index (χ2v) is 7.00. The molecule has 6 nitrogen and oxygen atoms in total. The zero-order valence-corrected chi connectivity index (χ0v) is 15.1. The zero-order chi connectivity index (χ0) is 17.9. The van der Waals surface area contributed by atoms with Gasteiger partial charge in [0, 0.05) is 19.1 Å². The summed E-state index contributed by atoms with van der Waals surface area (Å²) in [6.45, 7) is 5.58. The fourth-order valence-corrected chi connectivity index (χ4v) is 3.86. The Hall–Kier alpha value is -1.63. The summed E-state index contributed by atoms with van der Waals surface area (Å²) in [6.07, 6.45) is 1.88. The van der Waals surface area contributed by atoms with Crippen molar-refractivity contribution in [3.8, 4) is 5.75 Å². The molecule has 2 aliphatic rings. The Labute approximate surface area is 149 Å². The maximum Gasteiger partial charge on any atom is 0.236 e. The molecular weight excluding hydrogens is 320 g/mol. The third kappa shape index (κ3) is 3.97. The molecule has 0 saturated carbocycles. The predicted octanol–water partition coefficient (Wildman–Crippen LogP) is 1.23. The number of rotatable bonds is 5. The first kappa shape index (κ1) is 18.2. The normalized spacial score (nSPS) is 24.1. The fourth-order valence-electron chi connectivity index (χ4n) is 3.86. The lowest BCUT2D eigenvalue weighted by atomic mass is 9.86. The molecule has 2 aliphatic heterocycles. The molecule has 2 heterocycles. The summed E-state index contributed by atoms with van der Waals surface area (Å²) in [5.41, 5.74) is -0.155. The molecule has 2 fully saturated rings. The van der Waals surface area contributed by atoms with E-state index in [0.717, 1.165) is 30.7 Å². The smallest absolute Gasteiger partial charge is 0.236 e. The van der Waals surface area contributed by atoms with Gasteiger partial charge in [0.25, 0.3) is 0 Å². The summed E-state index contributed by atoms with van der Waals surface area (Å²) >= 11 is 0. The van der Waals surface area contributed by atoms with Crippen molar-refractivity contribution in [1.29, 1.82) is 0 Å². The van der Waals surface area contributed by atoms with Crippen LogP contribution < -0.4 is 4.74 Å². The predicted molar refractivity (Wildman–Crippen MR) is 94.6 cm³/mol. The van der Waals surface area contributed by atoms with Gasteiger partial charge in [0.1, 0.15) is 11.4 Å². The van der Waals surface area contributed by atoms with Gasteiger partial charge < -0.3 is 19.5 Å². The van der Waals surface area contributed by atoms with E-state index in [1.807, 2.05) is 36.1 Å². The van der Waals surface area contributed by atoms with Crippen LogP contribution in [0.1, 0.15) is 25.3 Å². The second-order valence-electron chi connectivity index (χ2n) is 7.00. The average Bonchev–Trinajstić information content (AvgIpc) is 3.11. The molecular formula is C19H28N2O4. The molecule has 0 aromatic heterocycles. The number of nitrogens with zero attached hydrogens (tertiary/aromatic N) is 2. The van der Waals surface area contributed by atoms with Gasteiger partial charge in [0.15, 0.2) is 0 Å². The highest BCUT2D eigenvalue weighted by Gasteiger charge is 2.41. The van der Waals surface area contributed by atoms with E-state index >= 15 is 0 Å². The van der Waals surface area contributed by atoms with Gasteiger partial charge in [0.05, 0.1) is 26.9 Å². The molecule has 0 bridgehead atoms. The number of methoxy groups -OCH3 is 1. The molecule has 2 saturated heterocycles. The van der Waals surface area contributed by atoms with E-state index in [0.29, 0.717) is 32.8 Å². The number of ether oxygens (including phenoxy) is 2. The number of aliphatic hydroxyl groups is 1. The van der Waals surface area contributed by atoms with Crippen LogP contribution >= 0.6 is 0 Å². The average molecular weight is 348 g/mol. The third-order valence-electron chi connectivity index (χ3n) is 5.39. The SMILES string of the molecule is COc1ccc([C@@](C)(O)[C@H]2CCCN2CC(=O)N2CCOCC2)cc1. The first-order valence-corrected chi connectivity index (χ1v) is 8.99. The summed E-state index contributed by atoms with van der Waals surface area (Å²) in [5, 5.41) is 11.2. The molecule has 0 aliphatic carbocycles. The fraction of sp³-hybridized carbons (Fsp3) is 0.632. The number of morpholine rings is 1. The minimum absolute atomic E-state index is 0.0640. The van der Waals surface area contributed by atoms with Gasteiger partial charge in [-0.2, -0.15) is 0 Å². The number of carbonyl (C=O) groups is 1. The highest BCUT2D eigenvalue weighted by Crippen LogP contribution is 2.35. The van der Waals surface area contributed by atoms with E-state index in [2.05, 4.69) is 4.90 Å². The maximum absolute atomic E-state index is 12.6. The quantitative estimate of drug-likeness (QED) is 0.867. The van der Waals surface area contributed by atoms with Crippen LogP contribution in [0.25, 0.3) is 0 Å². The van der Waals surface area contributed by atoms with Crippen molar-refractivity contribution in [1.82, 2.24) is 9.80 Å². The first-order chi connectivity index (χ1) is 12.0. The van der Waals surface area contributed by atoms with Crippen molar-refractivity contribution >= 4 is 5.91 Å². The number of benzene rings is 1. The molecule has 0 spiro atoms. The van der Waals surface area contributed by atoms with E-state index in [1.54, 1.807) is 7.11 Å². The van der Waals surface area contributed by atoms with Crippen LogP contribution in [0.2, 0.25) is 0 Å². The van der Waals surface area contributed by atoms with E-state index in [9.17, 15) is 9.90 Å². The van der Waals surface area contributed by atoms with Crippen LogP contribution in [0, 0.1) is 0 Å². The number of carbonyl (C=O) groups excluding carboxylic acids is 1. The van der Waals surface area contributed by atoms with Crippen molar-refractivity contribution in [3.63, 3.8) is 0 Å². The van der Waals surface area contributed by atoms with Crippen molar-refractivity contribution < 1.29 is 19.4 Å². The Bertz CT molecular complexity index is 582. The minimum Gasteiger partial charge on any atom is -0.497 e. The zero-order valence-electron chi connectivity index (χ0n) is 15.1. The summed E-state index contributed by atoms with van der Waals surface area (Å²) in [6, 6.07) is 7.47. The molecule has 1 aromatic rings. The van der Waals surface area contributed by atoms with Gasteiger partial charge in [-0.25, -0.2) is 0 Å². The van der Waals surface area contributed by atoms with E-state index in [1.165, 1.54) is 0 Å². The van der Waals surface area contributed by atoms with Gasteiger partial charge in [-0.15, -0.1) is 0 Å². The van der Waals surface area contributed by atoms with Crippen LogP contribution in [0.3, 0.4) is 0 Å². The first-order valence-electron chi connectivity index (χ1n) is 8.99. The van der Waals surface area contributed by atoms with E-state index < -0.39 is 5.60 Å². The molecule has 0 radical (unpaired) electrons. The van der Waals surface area contributed by atoms with E-state index in [4.69, 9.17) is 9.47 Å². The van der Waals surface area contributed by atoms with Crippen molar-refractivity contribution in [2.75, 3.05) is 46.5 Å². The molecule has 25 heavy (non-hydrogen) atoms. The molecule has 1 N–H and O–H groups in total. The Morgan fingerprint density at radius 3 is 2.60 bits per heavy atom. The molecule has 6 heteroatoms. The lowest BCUT2D eigenvalue weighted by Crippen LogP contribution is -2.51. The van der Waals surface area contributed by atoms with Gasteiger partial charge in [-0.1, -0.05) is 12.1 Å². The van der Waals surface area contributed by atoms with Gasteiger partial charge >= 0.3 is 0 Å². The number of hydrogen-bond acceptors (Lipinski definition) is 5. The van der Waals surface area contributed by atoms with Crippen LogP contribution in [0.4, 0.5) is 0 Å². The Balaban J connectivity index is 1.69. The number of likely N-dealkylation sites (tertiary alicyclic amines) is 1. The number of amides is 1. The highest BCUT2D eigenvalue weighted by molar-refractivity contribution is 5.78. The summed E-state index contributed by atoms with van der Waals surface area (Å²) in [7, 11) is 1.63. The topological polar surface area (TPSA) is 62.2 Å². The lowest BCUT2D eigenvalue weighted by molar-refractivity contribution is -0.138. The monoisotopic (exact) mass is 348 g/mol. The molecule has 0 unspecified atom stereocenters. The van der Waals surface area contributed by atoms with Gasteiger partial charge in [-0.05, 0) is 44.0 Å². The molecule has 138 valence electrons. The van der Waals surface area contributed by atoms with Crippen molar-refractivity contribution in [3.05, 3.63) is 29.8 Å². The summed E-state index contributed by atoms with van der Waals surface area (Å²) in [4.78, 5) is 16.6. The Kier molecular flexibility index (Phi) is 5.61. The van der Waals surface area contributed by atoms with Crippen LogP contribution in [0.15, 0.2) is 24.3 Å². The maximum atomic E-state index is 12.6. The lowest BCUT2D eigenvalue weighted by Gasteiger charge is -2.38. The second kappa shape index (κ2) is 7.72. The van der Waals surface area contributed by atoms with Crippen LogP contribution in [0.5, 0.6) is 5.75 Å². The Morgan fingerprint density at radius 1 is 1.28 bits per heavy atom. The van der Waals surface area contributed by atoms with Gasteiger partial charge in [0.2, 0.25) is 5.91 Å². The third-order valence-corrected chi connectivity index (χ3v) is 5.39. The molecule has 3 rings (SSSR count). The molecule has 1 aromatic carbocycles.